The fourth-order valence-corrected chi connectivity index (χ4v) is 3.12. The molecule has 2 heterocycles. The highest BCUT2D eigenvalue weighted by molar-refractivity contribution is 8.00. The van der Waals surface area contributed by atoms with E-state index in [1.165, 1.54) is 42.0 Å². The quantitative estimate of drug-likeness (QED) is 0.398. The van der Waals surface area contributed by atoms with E-state index in [4.69, 9.17) is 4.74 Å². The van der Waals surface area contributed by atoms with Gasteiger partial charge in [-0.05, 0) is 30.7 Å². The van der Waals surface area contributed by atoms with Crippen LogP contribution in [0.15, 0.2) is 35.6 Å². The van der Waals surface area contributed by atoms with Gasteiger partial charge >= 0.3 is 5.97 Å². The first-order chi connectivity index (χ1) is 11.6. The van der Waals surface area contributed by atoms with Crippen molar-refractivity contribution in [2.45, 2.75) is 23.6 Å². The van der Waals surface area contributed by atoms with E-state index in [-0.39, 0.29) is 17.0 Å². The topological polar surface area (TPSA) is 82.8 Å². The predicted molar refractivity (Wildman–Crippen MR) is 86.4 cm³/mol. The minimum atomic E-state index is -0.385. The summed E-state index contributed by atoms with van der Waals surface area (Å²) in [5.41, 5.74) is 1.60. The number of carbonyl (C=O) groups excluding carboxylic acids is 1. The van der Waals surface area contributed by atoms with Gasteiger partial charge in [-0.3, -0.25) is 4.79 Å². The van der Waals surface area contributed by atoms with Gasteiger partial charge in [0.05, 0.1) is 12.8 Å². The van der Waals surface area contributed by atoms with E-state index >= 15 is 0 Å². The summed E-state index contributed by atoms with van der Waals surface area (Å²) in [6.45, 7) is 1.89. The Bertz CT molecular complexity index is 868. The van der Waals surface area contributed by atoms with E-state index in [0.717, 1.165) is 0 Å². The van der Waals surface area contributed by atoms with Crippen LogP contribution in [-0.4, -0.2) is 43.3 Å². The lowest BCUT2D eigenvalue weighted by Gasteiger charge is -2.10. The van der Waals surface area contributed by atoms with Crippen LogP contribution in [-0.2, 0) is 9.53 Å². The number of hydrogen-bond donors (Lipinski definition) is 0. The lowest BCUT2D eigenvalue weighted by molar-refractivity contribution is -0.140. The van der Waals surface area contributed by atoms with Crippen molar-refractivity contribution in [1.82, 2.24) is 25.0 Å². The van der Waals surface area contributed by atoms with Gasteiger partial charge < -0.3 is 4.74 Å². The summed E-state index contributed by atoms with van der Waals surface area (Å²) >= 11 is 1.26. The van der Waals surface area contributed by atoms with Crippen LogP contribution in [0.25, 0.3) is 16.9 Å². The molecular weight excluding hydrogens is 333 g/mol. The lowest BCUT2D eigenvalue weighted by Crippen LogP contribution is -2.17. The summed E-state index contributed by atoms with van der Waals surface area (Å²) in [6.07, 6.45) is 1.98. The second kappa shape index (κ2) is 6.91. The maximum Gasteiger partial charge on any atom is 0.319 e. The van der Waals surface area contributed by atoms with Crippen molar-refractivity contribution < 1.29 is 13.9 Å². The van der Waals surface area contributed by atoms with E-state index in [2.05, 4.69) is 20.3 Å². The summed E-state index contributed by atoms with van der Waals surface area (Å²) in [4.78, 5) is 20.2. The molecule has 1 aromatic carbocycles. The van der Waals surface area contributed by atoms with Crippen molar-refractivity contribution in [3.63, 3.8) is 0 Å². The standard InChI is InChI=1S/C15H14FN5O2S/c1-3-11(15(22)23-2)24-14-12-13(17-8-18-14)21(20-19-12)10-6-4-9(16)5-7-10/h4-8,11H,3H2,1-2H3/t11-/m0/s1. The molecule has 0 aliphatic heterocycles. The number of hydrogen-bond acceptors (Lipinski definition) is 7. The summed E-state index contributed by atoms with van der Waals surface area (Å²) in [5, 5.41) is 8.34. The highest BCUT2D eigenvalue weighted by Gasteiger charge is 2.22. The minimum absolute atomic E-state index is 0.319. The van der Waals surface area contributed by atoms with Gasteiger partial charge in [0.2, 0.25) is 0 Å². The maximum atomic E-state index is 13.1. The average molecular weight is 347 g/mol. The molecule has 24 heavy (non-hydrogen) atoms. The van der Waals surface area contributed by atoms with Gasteiger partial charge in [0.25, 0.3) is 0 Å². The zero-order valence-corrected chi connectivity index (χ0v) is 13.8. The van der Waals surface area contributed by atoms with Gasteiger partial charge in [0, 0.05) is 0 Å². The van der Waals surface area contributed by atoms with Gasteiger partial charge in [0.1, 0.15) is 22.4 Å². The number of fused-ring (bicyclic) bond motifs is 1. The highest BCUT2D eigenvalue weighted by atomic mass is 32.2. The van der Waals surface area contributed by atoms with E-state index < -0.39 is 0 Å². The summed E-state index contributed by atoms with van der Waals surface area (Å²) < 4.78 is 19.4. The molecule has 0 aliphatic carbocycles. The number of esters is 1. The Morgan fingerprint density at radius 2 is 2.08 bits per heavy atom. The second-order valence-electron chi connectivity index (χ2n) is 4.87. The molecule has 0 spiro atoms. The summed E-state index contributed by atoms with van der Waals surface area (Å²) in [5.74, 6) is -0.655. The van der Waals surface area contributed by atoms with Gasteiger partial charge in [-0.25, -0.2) is 14.4 Å². The van der Waals surface area contributed by atoms with E-state index in [0.29, 0.717) is 28.3 Å². The van der Waals surface area contributed by atoms with Crippen LogP contribution in [0.5, 0.6) is 0 Å². The number of nitrogens with zero attached hydrogens (tertiary/aromatic N) is 5. The third kappa shape index (κ3) is 3.07. The van der Waals surface area contributed by atoms with Gasteiger partial charge in [-0.1, -0.05) is 23.9 Å². The Balaban J connectivity index is 2.00. The first kappa shape index (κ1) is 16.3. The smallest absolute Gasteiger partial charge is 0.319 e. The second-order valence-corrected chi connectivity index (χ2v) is 6.06. The Morgan fingerprint density at radius 3 is 2.75 bits per heavy atom. The van der Waals surface area contributed by atoms with Crippen molar-refractivity contribution in [3.8, 4) is 5.69 Å². The van der Waals surface area contributed by atoms with E-state index in [1.807, 2.05) is 6.92 Å². The van der Waals surface area contributed by atoms with Crippen LogP contribution in [0.4, 0.5) is 4.39 Å². The molecule has 7 nitrogen and oxygen atoms in total. The van der Waals surface area contributed by atoms with Crippen molar-refractivity contribution in [3.05, 3.63) is 36.4 Å². The largest absolute Gasteiger partial charge is 0.468 e. The Kier molecular flexibility index (Phi) is 4.70. The van der Waals surface area contributed by atoms with Crippen LogP contribution < -0.4 is 0 Å². The molecule has 0 radical (unpaired) electrons. The molecule has 1 atom stereocenters. The molecule has 0 saturated carbocycles. The highest BCUT2D eigenvalue weighted by Crippen LogP contribution is 2.29. The third-order valence-corrected chi connectivity index (χ3v) is 4.70. The molecular formula is C15H14FN5O2S. The Morgan fingerprint density at radius 1 is 1.33 bits per heavy atom. The van der Waals surface area contributed by atoms with Crippen LogP contribution in [0.1, 0.15) is 13.3 Å². The van der Waals surface area contributed by atoms with Crippen molar-refractivity contribution >= 4 is 28.9 Å². The zero-order valence-electron chi connectivity index (χ0n) is 13.0. The molecule has 3 rings (SSSR count). The Labute approximate surface area is 141 Å². The maximum absolute atomic E-state index is 13.1. The summed E-state index contributed by atoms with van der Waals surface area (Å²) in [6, 6.07) is 5.84. The number of benzene rings is 1. The normalized spacial score (nSPS) is 12.3. The van der Waals surface area contributed by atoms with Gasteiger partial charge in [-0.15, -0.1) is 5.10 Å². The molecule has 0 fully saturated rings. The number of aromatic nitrogens is 5. The van der Waals surface area contributed by atoms with Crippen LogP contribution in [0, 0.1) is 5.82 Å². The fourth-order valence-electron chi connectivity index (χ4n) is 2.13. The number of methoxy groups -OCH3 is 1. The molecule has 0 unspecified atom stereocenters. The van der Waals surface area contributed by atoms with Gasteiger partial charge in [-0.2, -0.15) is 4.68 Å². The van der Waals surface area contributed by atoms with Crippen LogP contribution >= 0.6 is 11.8 Å². The molecule has 0 N–H and O–H groups in total. The molecule has 3 aromatic rings. The molecule has 0 aliphatic rings. The van der Waals surface area contributed by atoms with E-state index in [9.17, 15) is 9.18 Å². The first-order valence-corrected chi connectivity index (χ1v) is 8.08. The van der Waals surface area contributed by atoms with Gasteiger partial charge in [0.15, 0.2) is 11.2 Å². The first-order valence-electron chi connectivity index (χ1n) is 7.21. The molecule has 2 aromatic heterocycles. The molecule has 124 valence electrons. The molecule has 9 heteroatoms. The van der Waals surface area contributed by atoms with Crippen molar-refractivity contribution in [2.24, 2.45) is 0 Å². The third-order valence-electron chi connectivity index (χ3n) is 3.36. The fraction of sp³-hybridized carbons (Fsp3) is 0.267. The van der Waals surface area contributed by atoms with Crippen LogP contribution in [0.2, 0.25) is 0 Å². The van der Waals surface area contributed by atoms with E-state index in [1.54, 1.807) is 12.1 Å². The SMILES string of the molecule is CC[C@H](Sc1ncnc2c1nnn2-c1ccc(F)cc1)C(=O)OC. The number of carbonyl (C=O) groups is 1. The molecule has 0 saturated heterocycles. The average Bonchev–Trinajstić information content (AvgIpc) is 3.04. The summed E-state index contributed by atoms with van der Waals surface area (Å²) in [7, 11) is 1.35. The number of ether oxygens (including phenoxy) is 1. The van der Waals surface area contributed by atoms with Crippen molar-refractivity contribution in [2.75, 3.05) is 7.11 Å². The van der Waals surface area contributed by atoms with Crippen LogP contribution in [0.3, 0.4) is 0 Å². The predicted octanol–water partition coefficient (Wildman–Crippen LogP) is 2.39. The molecule has 0 amide bonds. The number of halogens is 1. The zero-order chi connectivity index (χ0) is 17.1. The minimum Gasteiger partial charge on any atom is -0.468 e. The molecule has 0 bridgehead atoms. The number of thioether (sulfide) groups is 1. The monoisotopic (exact) mass is 347 g/mol. The number of rotatable bonds is 5. The van der Waals surface area contributed by atoms with Crippen molar-refractivity contribution in [1.29, 1.82) is 0 Å². The lowest BCUT2D eigenvalue weighted by atomic mass is 10.3. The Hall–Kier alpha value is -2.55.